The molecule has 0 fully saturated rings. The average Bonchev–Trinajstić information content (AvgIpc) is 2.29. The van der Waals surface area contributed by atoms with E-state index in [2.05, 4.69) is 38.1 Å². The molecule has 86 valence electrons. The van der Waals surface area contributed by atoms with E-state index in [1.54, 1.807) is 0 Å². The van der Waals surface area contributed by atoms with Gasteiger partial charge in [0.1, 0.15) is 6.29 Å². The van der Waals surface area contributed by atoms with Crippen LogP contribution in [0, 0.1) is 6.92 Å². The van der Waals surface area contributed by atoms with Gasteiger partial charge >= 0.3 is 0 Å². The van der Waals surface area contributed by atoms with Crippen LogP contribution in [0.25, 0.3) is 0 Å². The molecule has 0 aliphatic heterocycles. The molecule has 0 amide bonds. The van der Waals surface area contributed by atoms with E-state index in [0.29, 0.717) is 5.92 Å². The lowest BCUT2D eigenvalue weighted by Gasteiger charge is -2.10. The first-order valence-electron chi connectivity index (χ1n) is 5.82. The topological polar surface area (TPSA) is 17.1 Å². The van der Waals surface area contributed by atoms with Crippen LogP contribution in [-0.4, -0.2) is 6.29 Å². The molecule has 0 saturated heterocycles. The Labute approximate surface area is 98.2 Å². The van der Waals surface area contributed by atoms with Gasteiger partial charge in [-0.15, -0.1) is 0 Å². The summed E-state index contributed by atoms with van der Waals surface area (Å²) < 4.78 is 0. The van der Waals surface area contributed by atoms with Gasteiger partial charge < -0.3 is 0 Å². The van der Waals surface area contributed by atoms with E-state index in [0.717, 1.165) is 24.7 Å². The highest BCUT2D eigenvalue weighted by atomic mass is 16.1. The summed E-state index contributed by atoms with van der Waals surface area (Å²) in [6, 6.07) is 8.68. The molecule has 0 aliphatic rings. The van der Waals surface area contributed by atoms with Crippen molar-refractivity contribution in [2.75, 3.05) is 0 Å². The van der Waals surface area contributed by atoms with E-state index < -0.39 is 0 Å². The zero-order valence-electron chi connectivity index (χ0n) is 10.4. The Balaban J connectivity index is 2.49. The molecule has 0 spiro atoms. The molecule has 0 bridgehead atoms. The van der Waals surface area contributed by atoms with Crippen molar-refractivity contribution in [2.24, 2.45) is 0 Å². The molecule has 1 rings (SSSR count). The van der Waals surface area contributed by atoms with E-state index in [1.807, 2.05) is 13.0 Å². The van der Waals surface area contributed by atoms with Gasteiger partial charge in [0.25, 0.3) is 0 Å². The van der Waals surface area contributed by atoms with Crippen LogP contribution in [0.2, 0.25) is 0 Å². The zero-order valence-corrected chi connectivity index (χ0v) is 10.4. The predicted molar refractivity (Wildman–Crippen MR) is 68.6 cm³/mol. The van der Waals surface area contributed by atoms with Gasteiger partial charge in [-0.3, -0.25) is 4.79 Å². The maximum atomic E-state index is 10.4. The third kappa shape index (κ3) is 4.01. The monoisotopic (exact) mass is 216 g/mol. The number of rotatable bonds is 5. The summed E-state index contributed by atoms with van der Waals surface area (Å²) in [4.78, 5) is 10.4. The van der Waals surface area contributed by atoms with E-state index in [-0.39, 0.29) is 0 Å². The van der Waals surface area contributed by atoms with E-state index in [4.69, 9.17) is 0 Å². The number of benzene rings is 1. The number of hydrogen-bond acceptors (Lipinski definition) is 1. The molecule has 16 heavy (non-hydrogen) atoms. The summed E-state index contributed by atoms with van der Waals surface area (Å²) in [6.45, 7) is 6.18. The second kappa shape index (κ2) is 6.26. The van der Waals surface area contributed by atoms with Crippen LogP contribution in [-0.2, 0) is 4.79 Å². The molecular formula is C15H20O. The summed E-state index contributed by atoms with van der Waals surface area (Å²) >= 11 is 0. The number of allylic oxidation sites excluding steroid dienone is 2. The van der Waals surface area contributed by atoms with Crippen LogP contribution in [0.4, 0.5) is 0 Å². The summed E-state index contributed by atoms with van der Waals surface area (Å²) in [5.74, 6) is 0.552. The molecule has 0 N–H and O–H groups in total. The molecule has 1 heteroatoms. The minimum absolute atomic E-state index is 0.552. The average molecular weight is 216 g/mol. The van der Waals surface area contributed by atoms with E-state index in [1.165, 1.54) is 11.1 Å². The molecule has 0 saturated carbocycles. The standard InChI is InChI=1S/C15H20O/c1-12-7-9-15(10-8-12)14(3)6-4-5-13(2)11-16/h5,7-11,14H,4,6H2,1-3H3/b13-5-/t14-/m0/s1. The van der Waals surface area contributed by atoms with Crippen LogP contribution < -0.4 is 0 Å². The lowest BCUT2D eigenvalue weighted by molar-refractivity contribution is -0.104. The lowest BCUT2D eigenvalue weighted by atomic mass is 9.95. The fourth-order valence-corrected chi connectivity index (χ4v) is 1.67. The van der Waals surface area contributed by atoms with Gasteiger partial charge in [-0.2, -0.15) is 0 Å². The molecule has 1 aromatic rings. The third-order valence-corrected chi connectivity index (χ3v) is 2.90. The van der Waals surface area contributed by atoms with Crippen molar-refractivity contribution in [1.82, 2.24) is 0 Å². The molecule has 0 unspecified atom stereocenters. The largest absolute Gasteiger partial charge is 0.298 e. The molecular weight excluding hydrogens is 196 g/mol. The Hall–Kier alpha value is -1.37. The number of aldehydes is 1. The second-order valence-corrected chi connectivity index (χ2v) is 4.46. The second-order valence-electron chi connectivity index (χ2n) is 4.46. The Kier molecular flexibility index (Phi) is 4.97. The van der Waals surface area contributed by atoms with Gasteiger partial charge in [0.2, 0.25) is 0 Å². The number of hydrogen-bond donors (Lipinski definition) is 0. The quantitative estimate of drug-likeness (QED) is 0.536. The van der Waals surface area contributed by atoms with Gasteiger partial charge in [0.05, 0.1) is 0 Å². The third-order valence-electron chi connectivity index (χ3n) is 2.90. The first-order chi connectivity index (χ1) is 7.63. The van der Waals surface area contributed by atoms with Crippen molar-refractivity contribution in [3.05, 3.63) is 47.0 Å². The van der Waals surface area contributed by atoms with Crippen molar-refractivity contribution < 1.29 is 4.79 Å². The van der Waals surface area contributed by atoms with Crippen molar-refractivity contribution >= 4 is 6.29 Å². The molecule has 1 aromatic carbocycles. The highest BCUT2D eigenvalue weighted by Crippen LogP contribution is 2.21. The van der Waals surface area contributed by atoms with Gasteiger partial charge in [0.15, 0.2) is 0 Å². The summed E-state index contributed by atoms with van der Waals surface area (Å²) in [5.41, 5.74) is 3.51. The van der Waals surface area contributed by atoms with Crippen LogP contribution >= 0.6 is 0 Å². The minimum atomic E-state index is 0.552. The van der Waals surface area contributed by atoms with Crippen LogP contribution in [0.15, 0.2) is 35.9 Å². The molecule has 0 heterocycles. The van der Waals surface area contributed by atoms with Crippen molar-refractivity contribution in [2.45, 2.75) is 39.5 Å². The Morgan fingerprint density at radius 2 is 1.94 bits per heavy atom. The zero-order chi connectivity index (χ0) is 12.0. The summed E-state index contributed by atoms with van der Waals surface area (Å²) in [6.07, 6.45) is 4.99. The SMILES string of the molecule is C/C(C=O)=C/CC[C@H](C)c1ccc(C)cc1. The Bertz CT molecular complexity index is 360. The maximum absolute atomic E-state index is 10.4. The Morgan fingerprint density at radius 1 is 1.31 bits per heavy atom. The first-order valence-corrected chi connectivity index (χ1v) is 5.82. The smallest absolute Gasteiger partial charge is 0.145 e. The highest BCUT2D eigenvalue weighted by molar-refractivity contribution is 5.71. The van der Waals surface area contributed by atoms with Crippen LogP contribution in [0.1, 0.15) is 43.7 Å². The maximum Gasteiger partial charge on any atom is 0.145 e. The molecule has 1 atom stereocenters. The van der Waals surface area contributed by atoms with Crippen LogP contribution in [0.5, 0.6) is 0 Å². The number of carbonyl (C=O) groups excluding carboxylic acids is 1. The minimum Gasteiger partial charge on any atom is -0.298 e. The molecule has 1 nitrogen and oxygen atoms in total. The molecule has 0 radical (unpaired) electrons. The normalized spacial score (nSPS) is 13.6. The lowest BCUT2D eigenvalue weighted by Crippen LogP contribution is -1.93. The highest BCUT2D eigenvalue weighted by Gasteiger charge is 2.03. The van der Waals surface area contributed by atoms with Gasteiger partial charge in [0, 0.05) is 0 Å². The first kappa shape index (κ1) is 12.7. The predicted octanol–water partition coefficient (Wildman–Crippen LogP) is 4.02. The van der Waals surface area contributed by atoms with Gasteiger partial charge in [-0.25, -0.2) is 0 Å². The van der Waals surface area contributed by atoms with E-state index >= 15 is 0 Å². The van der Waals surface area contributed by atoms with Crippen molar-refractivity contribution in [3.8, 4) is 0 Å². The Morgan fingerprint density at radius 3 is 2.50 bits per heavy atom. The molecule has 0 aliphatic carbocycles. The number of carbonyl (C=O) groups is 1. The summed E-state index contributed by atoms with van der Waals surface area (Å²) in [7, 11) is 0. The fourth-order valence-electron chi connectivity index (χ4n) is 1.67. The molecule has 0 aromatic heterocycles. The van der Waals surface area contributed by atoms with Gasteiger partial charge in [-0.05, 0) is 43.7 Å². The van der Waals surface area contributed by atoms with Crippen molar-refractivity contribution in [3.63, 3.8) is 0 Å². The van der Waals surface area contributed by atoms with Gasteiger partial charge in [-0.1, -0.05) is 42.8 Å². The van der Waals surface area contributed by atoms with Crippen LogP contribution in [0.3, 0.4) is 0 Å². The van der Waals surface area contributed by atoms with E-state index in [9.17, 15) is 4.79 Å². The summed E-state index contributed by atoms with van der Waals surface area (Å²) in [5, 5.41) is 0. The number of aryl methyl sites for hydroxylation is 1. The van der Waals surface area contributed by atoms with Crippen molar-refractivity contribution in [1.29, 1.82) is 0 Å². The fraction of sp³-hybridized carbons (Fsp3) is 0.400.